The number of ether oxygens (including phenoxy) is 1. The maximum absolute atomic E-state index is 9.09. The lowest BCUT2D eigenvalue weighted by molar-refractivity contribution is 0.304. The Hall–Kier alpha value is -2.18. The van der Waals surface area contributed by atoms with Crippen molar-refractivity contribution < 1.29 is 4.74 Å². The molecule has 2 rings (SSSR count). The minimum Gasteiger partial charge on any atom is -0.491 e. The van der Waals surface area contributed by atoms with Crippen LogP contribution in [0.15, 0.2) is 42.5 Å². The van der Waals surface area contributed by atoms with E-state index >= 15 is 0 Å². The summed E-state index contributed by atoms with van der Waals surface area (Å²) < 4.78 is 5.72. The Morgan fingerprint density at radius 1 is 1.24 bits per heavy atom. The lowest BCUT2D eigenvalue weighted by atomic mass is 10.2. The zero-order valence-corrected chi connectivity index (χ0v) is 12.8. The van der Waals surface area contributed by atoms with E-state index in [9.17, 15) is 0 Å². The van der Waals surface area contributed by atoms with Gasteiger partial charge in [-0.25, -0.2) is 0 Å². The van der Waals surface area contributed by atoms with E-state index in [0.717, 1.165) is 11.4 Å². The van der Waals surface area contributed by atoms with Crippen molar-refractivity contribution in [1.82, 2.24) is 0 Å². The van der Waals surface area contributed by atoms with Gasteiger partial charge in [0.15, 0.2) is 0 Å². The van der Waals surface area contributed by atoms with Crippen LogP contribution < -0.4 is 10.1 Å². The minimum atomic E-state index is 0.0527. The molecule has 0 heterocycles. The summed E-state index contributed by atoms with van der Waals surface area (Å²) in [6, 6.07) is 15.3. The summed E-state index contributed by atoms with van der Waals surface area (Å²) in [4.78, 5) is 0. The van der Waals surface area contributed by atoms with Gasteiger partial charge in [0.2, 0.25) is 0 Å². The first-order valence-corrected chi connectivity index (χ1v) is 7.12. The molecule has 0 amide bonds. The van der Waals surface area contributed by atoms with Crippen LogP contribution in [0.3, 0.4) is 0 Å². The predicted molar refractivity (Wildman–Crippen MR) is 85.9 cm³/mol. The number of anilines is 1. The van der Waals surface area contributed by atoms with Crippen LogP contribution in [0.1, 0.15) is 18.1 Å². The van der Waals surface area contributed by atoms with E-state index in [1.807, 2.05) is 38.1 Å². The molecule has 1 N–H and O–H groups in total. The van der Waals surface area contributed by atoms with Gasteiger partial charge >= 0.3 is 0 Å². The summed E-state index contributed by atoms with van der Waals surface area (Å²) in [6.07, 6.45) is 0. The maximum atomic E-state index is 9.09. The summed E-state index contributed by atoms with van der Waals surface area (Å²) in [6.45, 7) is 4.53. The average Bonchev–Trinajstić information content (AvgIpc) is 2.47. The van der Waals surface area contributed by atoms with E-state index in [0.29, 0.717) is 17.2 Å². The SMILES string of the molecule is Cc1ccc(OCC(C)Nc2cc(Cl)ccc2C#N)cc1. The molecule has 0 aromatic heterocycles. The van der Waals surface area contributed by atoms with Crippen LogP contribution in [-0.4, -0.2) is 12.6 Å². The molecule has 0 saturated carbocycles. The van der Waals surface area contributed by atoms with E-state index in [4.69, 9.17) is 21.6 Å². The second-order valence-electron chi connectivity index (χ2n) is 4.97. The van der Waals surface area contributed by atoms with Crippen molar-refractivity contribution in [2.24, 2.45) is 0 Å². The molecule has 0 bridgehead atoms. The van der Waals surface area contributed by atoms with Crippen molar-refractivity contribution in [3.05, 3.63) is 58.6 Å². The molecule has 0 aliphatic rings. The smallest absolute Gasteiger partial charge is 0.119 e. The number of aryl methyl sites for hydroxylation is 1. The quantitative estimate of drug-likeness (QED) is 0.890. The Balaban J connectivity index is 1.96. The molecule has 0 radical (unpaired) electrons. The third-order valence-electron chi connectivity index (χ3n) is 3.02. The maximum Gasteiger partial charge on any atom is 0.119 e. The molecule has 4 heteroatoms. The van der Waals surface area contributed by atoms with Crippen LogP contribution in [0.4, 0.5) is 5.69 Å². The molecule has 2 aromatic carbocycles. The average molecular weight is 301 g/mol. The van der Waals surface area contributed by atoms with Crippen molar-refractivity contribution in [3.63, 3.8) is 0 Å². The Labute approximate surface area is 130 Å². The number of hydrogen-bond acceptors (Lipinski definition) is 3. The van der Waals surface area contributed by atoms with Gasteiger partial charge in [-0.15, -0.1) is 0 Å². The second kappa shape index (κ2) is 7.01. The van der Waals surface area contributed by atoms with Crippen LogP contribution in [0.5, 0.6) is 5.75 Å². The molecule has 1 atom stereocenters. The van der Waals surface area contributed by atoms with Crippen molar-refractivity contribution >= 4 is 17.3 Å². The van der Waals surface area contributed by atoms with E-state index in [2.05, 4.69) is 11.4 Å². The van der Waals surface area contributed by atoms with Gasteiger partial charge in [-0.1, -0.05) is 29.3 Å². The topological polar surface area (TPSA) is 45.0 Å². The fourth-order valence-electron chi connectivity index (χ4n) is 1.90. The zero-order chi connectivity index (χ0) is 15.2. The monoisotopic (exact) mass is 300 g/mol. The summed E-state index contributed by atoms with van der Waals surface area (Å²) in [5.74, 6) is 0.834. The standard InChI is InChI=1S/C17H17ClN2O/c1-12-3-7-16(8-4-12)21-11-13(2)20-17-9-15(18)6-5-14(17)10-19/h3-9,13,20H,11H2,1-2H3. The third-order valence-corrected chi connectivity index (χ3v) is 3.26. The summed E-state index contributed by atoms with van der Waals surface area (Å²) >= 11 is 5.96. The molecule has 21 heavy (non-hydrogen) atoms. The van der Waals surface area contributed by atoms with Gasteiger partial charge in [0.25, 0.3) is 0 Å². The first-order chi connectivity index (χ1) is 10.1. The summed E-state index contributed by atoms with van der Waals surface area (Å²) in [7, 11) is 0. The molecular weight excluding hydrogens is 284 g/mol. The molecule has 0 saturated heterocycles. The molecule has 0 fully saturated rings. The highest BCUT2D eigenvalue weighted by atomic mass is 35.5. The minimum absolute atomic E-state index is 0.0527. The third kappa shape index (κ3) is 4.40. The van der Waals surface area contributed by atoms with E-state index in [-0.39, 0.29) is 6.04 Å². The number of rotatable bonds is 5. The zero-order valence-electron chi connectivity index (χ0n) is 12.1. The van der Waals surface area contributed by atoms with Crippen LogP contribution in [-0.2, 0) is 0 Å². The van der Waals surface area contributed by atoms with E-state index in [1.54, 1.807) is 18.2 Å². The molecule has 108 valence electrons. The Morgan fingerprint density at radius 3 is 2.62 bits per heavy atom. The van der Waals surface area contributed by atoms with Crippen LogP contribution in [0.2, 0.25) is 5.02 Å². The number of benzene rings is 2. The van der Waals surface area contributed by atoms with Gasteiger partial charge in [-0.05, 0) is 44.2 Å². The molecule has 0 aliphatic heterocycles. The van der Waals surface area contributed by atoms with Crippen molar-refractivity contribution in [1.29, 1.82) is 5.26 Å². The summed E-state index contributed by atoms with van der Waals surface area (Å²) in [5, 5.41) is 12.9. The van der Waals surface area contributed by atoms with Crippen molar-refractivity contribution in [2.75, 3.05) is 11.9 Å². The Morgan fingerprint density at radius 2 is 1.95 bits per heavy atom. The van der Waals surface area contributed by atoms with Crippen molar-refractivity contribution in [2.45, 2.75) is 19.9 Å². The number of nitrogens with one attached hydrogen (secondary N) is 1. The molecular formula is C17H17ClN2O. The fraction of sp³-hybridized carbons (Fsp3) is 0.235. The molecule has 0 spiro atoms. The van der Waals surface area contributed by atoms with Gasteiger partial charge in [0.1, 0.15) is 18.4 Å². The Kier molecular flexibility index (Phi) is 5.08. The number of hydrogen-bond donors (Lipinski definition) is 1. The molecule has 1 unspecified atom stereocenters. The number of halogens is 1. The summed E-state index contributed by atoms with van der Waals surface area (Å²) in [5.41, 5.74) is 2.50. The highest BCUT2D eigenvalue weighted by Crippen LogP contribution is 2.21. The first kappa shape index (κ1) is 15.2. The molecule has 3 nitrogen and oxygen atoms in total. The van der Waals surface area contributed by atoms with Crippen LogP contribution >= 0.6 is 11.6 Å². The lowest BCUT2D eigenvalue weighted by Crippen LogP contribution is -2.24. The predicted octanol–water partition coefficient (Wildman–Crippen LogP) is 4.40. The lowest BCUT2D eigenvalue weighted by Gasteiger charge is -2.17. The van der Waals surface area contributed by atoms with Gasteiger partial charge in [0, 0.05) is 5.02 Å². The largest absolute Gasteiger partial charge is 0.491 e. The van der Waals surface area contributed by atoms with Gasteiger partial charge in [-0.3, -0.25) is 0 Å². The number of nitrogens with zero attached hydrogens (tertiary/aromatic N) is 1. The highest BCUT2D eigenvalue weighted by Gasteiger charge is 2.08. The molecule has 2 aromatic rings. The van der Waals surface area contributed by atoms with Gasteiger partial charge in [0.05, 0.1) is 17.3 Å². The van der Waals surface area contributed by atoms with E-state index in [1.165, 1.54) is 5.56 Å². The fourth-order valence-corrected chi connectivity index (χ4v) is 2.07. The van der Waals surface area contributed by atoms with Gasteiger partial charge < -0.3 is 10.1 Å². The van der Waals surface area contributed by atoms with Crippen LogP contribution in [0.25, 0.3) is 0 Å². The normalized spacial score (nSPS) is 11.5. The highest BCUT2D eigenvalue weighted by molar-refractivity contribution is 6.30. The van der Waals surface area contributed by atoms with E-state index < -0.39 is 0 Å². The second-order valence-corrected chi connectivity index (χ2v) is 5.41. The Bertz CT molecular complexity index is 647. The first-order valence-electron chi connectivity index (χ1n) is 6.74. The molecule has 0 aliphatic carbocycles. The number of nitriles is 1. The van der Waals surface area contributed by atoms with Crippen molar-refractivity contribution in [3.8, 4) is 11.8 Å². The van der Waals surface area contributed by atoms with Gasteiger partial charge in [-0.2, -0.15) is 5.26 Å². The van der Waals surface area contributed by atoms with Crippen LogP contribution in [0, 0.1) is 18.3 Å².